The third-order valence-corrected chi connectivity index (χ3v) is 19.9. The van der Waals surface area contributed by atoms with Crippen LogP contribution < -0.4 is 5.32 Å². The van der Waals surface area contributed by atoms with Crippen molar-refractivity contribution in [2.45, 2.75) is 272 Å². The van der Waals surface area contributed by atoms with Gasteiger partial charge in [-0.25, -0.2) is 0 Å². The molecule has 3 aromatic heterocycles. The van der Waals surface area contributed by atoms with Crippen LogP contribution in [0.2, 0.25) is 0 Å². The van der Waals surface area contributed by atoms with Gasteiger partial charge in [0.25, 0.3) is 0 Å². The molecule has 101 heavy (non-hydrogen) atoms. The molecule has 556 valence electrons. The highest BCUT2D eigenvalue weighted by atomic mass is 15.2. The SMILES string of the molecule is CC(C)C(C)(C)c1ccc(CN2CCNCC2)cc1.CC(C)C1=CCC=N1.CC(C)C1=CCC=N1.CC(C)N1CCC2(CCCCC2)CC1.CC(C)c1ccccc1.CC(C)c1ccccn1.CC(C)c1cccnc1.CC(C)c1ccncc1.CC1=C(C(C)C)N=CC1.CC1=CCC(C)=N1. The van der Waals surface area contributed by atoms with E-state index < -0.39 is 0 Å². The molecule has 3 fully saturated rings. The van der Waals surface area contributed by atoms with Gasteiger partial charge in [0.05, 0.1) is 0 Å². The number of aliphatic imine (C=N–C) groups is 4. The first-order valence-corrected chi connectivity index (χ1v) is 39.0. The van der Waals surface area contributed by atoms with Gasteiger partial charge in [-0.05, 0) is 195 Å². The number of piperidine rings is 1. The van der Waals surface area contributed by atoms with E-state index in [4.69, 9.17) is 0 Å². The summed E-state index contributed by atoms with van der Waals surface area (Å²) in [6, 6.07) is 34.7. The zero-order valence-corrected chi connectivity index (χ0v) is 68.0. The average molecular weight is 1380 g/mol. The van der Waals surface area contributed by atoms with E-state index in [9.17, 15) is 0 Å². The number of hydrogen-bond donors (Lipinski definition) is 1. The van der Waals surface area contributed by atoms with Crippen molar-refractivity contribution in [3.05, 3.63) is 208 Å². The summed E-state index contributed by atoms with van der Waals surface area (Å²) in [6.07, 6.45) is 36.3. The number of allylic oxidation sites excluding steroid dienone is 8. The topological polar surface area (TPSA) is 107 Å². The Morgan fingerprint density at radius 1 is 0.475 bits per heavy atom. The molecule has 1 aliphatic carbocycles. The van der Waals surface area contributed by atoms with E-state index in [1.807, 2.05) is 99.7 Å². The number of nitrogens with one attached hydrogen (secondary N) is 1. The largest absolute Gasteiger partial charge is 0.314 e. The Morgan fingerprint density at radius 2 is 1.02 bits per heavy atom. The summed E-state index contributed by atoms with van der Waals surface area (Å²) in [5, 5.41) is 3.40. The molecule has 2 aromatic carbocycles. The lowest BCUT2D eigenvalue weighted by atomic mass is 9.68. The summed E-state index contributed by atoms with van der Waals surface area (Å²) in [5.41, 5.74) is 16.8. The second kappa shape index (κ2) is 49.1. The summed E-state index contributed by atoms with van der Waals surface area (Å²) in [6.45, 7) is 58.9. The zero-order chi connectivity index (χ0) is 74.8. The third-order valence-electron chi connectivity index (χ3n) is 19.9. The Labute approximate surface area is 619 Å². The van der Waals surface area contributed by atoms with Crippen molar-refractivity contribution in [3.8, 4) is 0 Å². The van der Waals surface area contributed by atoms with Crippen LogP contribution in [0.15, 0.2) is 195 Å². The first-order chi connectivity index (χ1) is 48.0. The fourth-order valence-electron chi connectivity index (χ4n) is 12.2. The number of likely N-dealkylation sites (tertiary alicyclic amines) is 1. The molecule has 0 radical (unpaired) electrons. The maximum Gasteiger partial charge on any atom is 0.0428 e. The molecule has 1 saturated carbocycles. The van der Waals surface area contributed by atoms with Crippen LogP contribution in [0.3, 0.4) is 0 Å². The average Bonchev–Trinajstić information content (AvgIpc) is 1.67. The molecular formula is C91H142N10. The van der Waals surface area contributed by atoms with Crippen LogP contribution in [0.1, 0.15) is 287 Å². The van der Waals surface area contributed by atoms with Crippen LogP contribution in [0.5, 0.6) is 0 Å². The maximum atomic E-state index is 4.27. The van der Waals surface area contributed by atoms with Crippen molar-refractivity contribution in [3.63, 3.8) is 0 Å². The molecule has 1 N–H and O–H groups in total. The Kier molecular flexibility index (Phi) is 43.1. The molecule has 2 saturated heterocycles. The summed E-state index contributed by atoms with van der Waals surface area (Å²) < 4.78 is 0. The Hall–Kier alpha value is -6.59. The van der Waals surface area contributed by atoms with Gasteiger partial charge in [0, 0.05) is 148 Å². The molecule has 1 spiro atoms. The maximum absolute atomic E-state index is 4.27. The summed E-state index contributed by atoms with van der Waals surface area (Å²) in [4.78, 5) is 34.1. The minimum Gasteiger partial charge on any atom is -0.314 e. The second-order valence-corrected chi connectivity index (χ2v) is 31.5. The minimum absolute atomic E-state index is 0.258. The fourth-order valence-corrected chi connectivity index (χ4v) is 12.2. The first kappa shape index (κ1) is 88.6. The van der Waals surface area contributed by atoms with Crippen molar-refractivity contribution < 1.29 is 0 Å². The third kappa shape index (κ3) is 36.4. The van der Waals surface area contributed by atoms with Crippen molar-refractivity contribution in [1.82, 2.24) is 30.1 Å². The fraction of sp³-hybridized carbons (Fsp3) is 0.571. The van der Waals surface area contributed by atoms with Gasteiger partial charge >= 0.3 is 0 Å². The number of pyridine rings is 3. The van der Waals surface area contributed by atoms with E-state index in [2.05, 4.69) is 268 Å². The van der Waals surface area contributed by atoms with Crippen LogP contribution >= 0.6 is 0 Å². The molecule has 0 bridgehead atoms. The Bertz CT molecular complexity index is 3000. The highest BCUT2D eigenvalue weighted by molar-refractivity contribution is 5.86. The first-order valence-electron chi connectivity index (χ1n) is 39.0. The Morgan fingerprint density at radius 3 is 1.36 bits per heavy atom. The predicted molar refractivity (Wildman–Crippen MR) is 444 cm³/mol. The van der Waals surface area contributed by atoms with Crippen LogP contribution in [-0.4, -0.2) is 94.4 Å². The molecule has 0 unspecified atom stereocenters. The van der Waals surface area contributed by atoms with Crippen molar-refractivity contribution in [2.75, 3.05) is 39.3 Å². The van der Waals surface area contributed by atoms with Crippen LogP contribution in [0.25, 0.3) is 0 Å². The number of aromatic nitrogens is 3. The highest BCUT2D eigenvalue weighted by Crippen LogP contribution is 2.45. The van der Waals surface area contributed by atoms with Gasteiger partial charge in [-0.15, -0.1) is 0 Å². The summed E-state index contributed by atoms with van der Waals surface area (Å²) >= 11 is 0. The second-order valence-electron chi connectivity index (χ2n) is 31.5. The molecule has 10 heteroatoms. The number of benzene rings is 2. The lowest BCUT2D eigenvalue weighted by Crippen LogP contribution is -2.43. The van der Waals surface area contributed by atoms with Crippen molar-refractivity contribution in [2.24, 2.45) is 49.1 Å². The molecule has 7 aliphatic rings. The smallest absolute Gasteiger partial charge is 0.0428 e. The zero-order valence-electron chi connectivity index (χ0n) is 68.0. The van der Waals surface area contributed by atoms with E-state index in [0.29, 0.717) is 47.3 Å². The van der Waals surface area contributed by atoms with Gasteiger partial charge < -0.3 is 10.2 Å². The normalized spacial score (nSPS) is 16.7. The molecule has 9 heterocycles. The van der Waals surface area contributed by atoms with Crippen LogP contribution in [0.4, 0.5) is 0 Å². The number of piperazine rings is 1. The molecule has 12 rings (SSSR count). The molecule has 5 aromatic rings. The molecular weight excluding hydrogens is 1230 g/mol. The van der Waals surface area contributed by atoms with Gasteiger partial charge in [-0.3, -0.25) is 39.8 Å². The molecule has 0 amide bonds. The van der Waals surface area contributed by atoms with Crippen LogP contribution in [-0.2, 0) is 12.0 Å². The quantitative estimate of drug-likeness (QED) is 0.133. The van der Waals surface area contributed by atoms with E-state index >= 15 is 0 Å². The van der Waals surface area contributed by atoms with Crippen molar-refractivity contribution in [1.29, 1.82) is 0 Å². The summed E-state index contributed by atoms with van der Waals surface area (Å²) in [5.74, 6) is 4.89. The van der Waals surface area contributed by atoms with Gasteiger partial charge in [0.15, 0.2) is 0 Å². The van der Waals surface area contributed by atoms with Gasteiger partial charge in [0.1, 0.15) is 0 Å². The van der Waals surface area contributed by atoms with Gasteiger partial charge in [-0.1, -0.05) is 229 Å². The Balaban J connectivity index is 0.000000297. The number of rotatable bonds is 12. The number of nitrogens with zero attached hydrogens (tertiary/aromatic N) is 9. The summed E-state index contributed by atoms with van der Waals surface area (Å²) in [7, 11) is 0. The van der Waals surface area contributed by atoms with E-state index in [1.54, 1.807) is 6.20 Å². The molecule has 6 aliphatic heterocycles. The highest BCUT2D eigenvalue weighted by Gasteiger charge is 2.36. The number of hydrogen-bond acceptors (Lipinski definition) is 10. The van der Waals surface area contributed by atoms with E-state index in [0.717, 1.165) is 68.2 Å². The van der Waals surface area contributed by atoms with E-state index in [-0.39, 0.29) is 5.41 Å². The molecule has 0 atom stereocenters. The minimum atomic E-state index is 0.258. The van der Waals surface area contributed by atoms with Gasteiger partial charge in [-0.2, -0.15) is 0 Å². The van der Waals surface area contributed by atoms with Crippen LogP contribution in [0, 0.1) is 29.1 Å². The standard InChI is InChI=1S/C17H28N2.C13H25N.C9H12.C8H13N.3C8H11N.2C7H11N.C6H9N/c1-14(2)17(3,4)16-7-5-15(6-8-16)13-19-11-9-18-10-12-19;1-12(2)14-10-8-13(9-11-14)6-4-3-5-7-13;1-8(2)9-6-4-3-5-7-9;1-6(2)8-7(3)4-5-9-8;1-7(2)8-3-5-9-6-4-8;1-7(2)8-4-3-5-9-6-8;1-7(2)8-5-3-4-6-9-8;2*1-6(2)7-4-3-5-8-7;1-5-3-4-6(2)7-5/h5-8,14,18H,9-13H2,1-4H3;12H,3-11H2,1-2H3;3-8H,1-2H3;5-6H,4H2,1-3H3;3*3-7H,1-2H3;2*4-6H,3H2,1-2H3;3H,4H2,1-2H3. The van der Waals surface area contributed by atoms with Crippen molar-refractivity contribution >= 4 is 24.4 Å². The predicted octanol–water partition coefficient (Wildman–Crippen LogP) is 24.0. The molecule has 10 nitrogen and oxygen atoms in total. The van der Waals surface area contributed by atoms with E-state index in [1.165, 1.54) is 127 Å². The lowest BCUT2D eigenvalue weighted by molar-refractivity contribution is 0.0529. The van der Waals surface area contributed by atoms with Gasteiger partial charge in [0.2, 0.25) is 0 Å². The monoisotopic (exact) mass is 1380 g/mol. The lowest BCUT2D eigenvalue weighted by Gasteiger charge is -2.45.